The van der Waals surface area contributed by atoms with Crippen LogP contribution in [0.1, 0.15) is 46.9 Å². The molecule has 0 saturated carbocycles. The Kier molecular flexibility index (Phi) is 14.5. The number of benzene rings is 1. The lowest BCUT2D eigenvalue weighted by Gasteiger charge is -2.36. The molecule has 4 heterocycles. The van der Waals surface area contributed by atoms with Gasteiger partial charge < -0.3 is 72.0 Å². The molecule has 1 aliphatic rings. The van der Waals surface area contributed by atoms with Crippen LogP contribution in [0.25, 0.3) is 22.2 Å². The zero-order chi connectivity index (χ0) is 41.7. The number of likely N-dealkylation sites (tertiary alicyclic amines) is 1. The molecule has 1 saturated heterocycles. The van der Waals surface area contributed by atoms with Crippen LogP contribution in [0.4, 0.5) is 5.82 Å². The van der Waals surface area contributed by atoms with Crippen molar-refractivity contribution in [2.75, 3.05) is 45.1 Å². The quantitative estimate of drug-likeness (QED) is 0.0395. The van der Waals surface area contributed by atoms with Crippen LogP contribution in [-0.4, -0.2) is 186 Å². The van der Waals surface area contributed by atoms with Gasteiger partial charge in [-0.3, -0.25) is 14.5 Å². The van der Waals surface area contributed by atoms with Gasteiger partial charge in [0.2, 0.25) is 0 Å². The van der Waals surface area contributed by atoms with E-state index in [1.165, 1.54) is 4.90 Å². The van der Waals surface area contributed by atoms with Crippen LogP contribution in [0.3, 0.4) is 0 Å². The van der Waals surface area contributed by atoms with Gasteiger partial charge in [-0.25, -0.2) is 19.1 Å². The van der Waals surface area contributed by atoms with E-state index >= 15 is 0 Å². The second-order valence-corrected chi connectivity index (χ2v) is 14.2. The van der Waals surface area contributed by atoms with Gasteiger partial charge in [-0.05, 0) is 38.5 Å². The Morgan fingerprint density at radius 3 is 2.12 bits per heavy atom. The van der Waals surface area contributed by atoms with Crippen LogP contribution in [0, 0.1) is 0 Å². The second-order valence-electron chi connectivity index (χ2n) is 14.2. The summed E-state index contributed by atoms with van der Waals surface area (Å²) in [5.74, 6) is -0.101. The fourth-order valence-electron chi connectivity index (χ4n) is 7.32. The maximum atomic E-state index is 14.0. The van der Waals surface area contributed by atoms with Crippen molar-refractivity contribution >= 4 is 39.8 Å². The molecule has 5 rings (SSSR count). The molecule has 314 valence electrons. The van der Waals surface area contributed by atoms with E-state index in [4.69, 9.17) is 5.73 Å². The monoisotopic (exact) mass is 804 g/mol. The average Bonchev–Trinajstić information content (AvgIpc) is 3.97. The highest BCUT2D eigenvalue weighted by Crippen LogP contribution is 2.24. The third kappa shape index (κ3) is 9.34. The molecule has 0 radical (unpaired) electrons. The first-order valence-corrected chi connectivity index (χ1v) is 18.8. The van der Waals surface area contributed by atoms with Crippen molar-refractivity contribution in [3.8, 4) is 0 Å². The summed E-state index contributed by atoms with van der Waals surface area (Å²) < 4.78 is 4.01. The topological polar surface area (TPSA) is 331 Å². The van der Waals surface area contributed by atoms with E-state index in [1.54, 1.807) is 29.3 Å². The highest BCUT2D eigenvalue weighted by atomic mass is 16.4. The minimum absolute atomic E-state index is 0.00720. The van der Waals surface area contributed by atoms with Gasteiger partial charge in [0.1, 0.15) is 48.7 Å². The van der Waals surface area contributed by atoms with Gasteiger partial charge in [-0.1, -0.05) is 0 Å². The normalized spacial score (nSPS) is 19.1. The number of hydrogen-bond donors (Lipinski definition) is 13. The fourth-order valence-corrected chi connectivity index (χ4v) is 7.32. The molecule has 57 heavy (non-hydrogen) atoms. The van der Waals surface area contributed by atoms with Crippen molar-refractivity contribution in [2.45, 2.75) is 94.8 Å². The zero-order valence-electron chi connectivity index (χ0n) is 31.7. The summed E-state index contributed by atoms with van der Waals surface area (Å²) in [6.45, 7) is 2.67. The Labute approximate surface area is 326 Å². The molecule has 1 aliphatic heterocycles. The third-order valence-corrected chi connectivity index (χ3v) is 10.6. The van der Waals surface area contributed by atoms with Crippen LogP contribution >= 0.6 is 0 Å². The number of aliphatic hydroxyl groups is 10. The molecule has 0 unspecified atom stereocenters. The predicted octanol–water partition coefficient (Wildman–Crippen LogP) is -4.86. The molecule has 4 aromatic rings. The standard InChI is InChI=1S/C36H53N9O12/c1-3-44-21-6-5-18(11-22(21)45(4-2)27(44)12-39-35(56)28-33(37)41-34-20(40-28)7-9-38-34)36(57)42-10-8-19(13-42)43(14-23(48)29(52)31(54)25(50)16-46)15-24(49)30(53)32(55)26(51)17-47/h5-7,9,11,19,23-26,29-32,46-55H,3-4,8,10,12-17H2,1-2H3,(H3-,37,38,39,40,41,56)/p+1/t19-,23+,24+,25-,26-,29-,30-,31-,32-/m1/s1. The van der Waals surface area contributed by atoms with Crippen molar-refractivity contribution in [3.63, 3.8) is 0 Å². The van der Waals surface area contributed by atoms with E-state index in [1.807, 2.05) is 29.0 Å². The summed E-state index contributed by atoms with van der Waals surface area (Å²) in [4.78, 5) is 41.7. The van der Waals surface area contributed by atoms with Gasteiger partial charge in [0.05, 0.1) is 38.5 Å². The number of aromatic nitrogens is 5. The maximum absolute atomic E-state index is 14.0. The molecule has 0 aliphatic carbocycles. The lowest BCUT2D eigenvalue weighted by Crippen LogP contribution is -2.55. The molecule has 9 atom stereocenters. The molecule has 21 nitrogen and oxygen atoms in total. The van der Waals surface area contributed by atoms with Crippen LogP contribution in [0.2, 0.25) is 0 Å². The smallest absolute Gasteiger partial charge is 0.277 e. The van der Waals surface area contributed by atoms with Crippen LogP contribution < -0.4 is 15.6 Å². The van der Waals surface area contributed by atoms with Crippen molar-refractivity contribution in [3.05, 3.63) is 47.5 Å². The Morgan fingerprint density at radius 1 is 0.930 bits per heavy atom. The maximum Gasteiger partial charge on any atom is 0.277 e. The Bertz CT molecular complexity index is 1960. The molecule has 0 spiro atoms. The Morgan fingerprint density at radius 2 is 1.54 bits per heavy atom. The zero-order valence-corrected chi connectivity index (χ0v) is 31.7. The van der Waals surface area contributed by atoms with Crippen LogP contribution in [0.5, 0.6) is 0 Å². The largest absolute Gasteiger partial charge is 0.394 e. The number of rotatable bonds is 19. The van der Waals surface area contributed by atoms with Crippen molar-refractivity contribution in [2.24, 2.45) is 0 Å². The SMILES string of the molecule is CCn1c(CNC(=O)c2nc3cc[nH]c3nc2N)[n+](CC)c2ccc(C(=O)N3CC[C@@H](N(C[C@H](O)[C@@H](O)[C@H](O)[C@H](O)CO)C[C@H](O)[C@@H](O)[C@H](O)[C@H](O)CO)C3)cc21. The molecule has 1 fully saturated rings. The highest BCUT2D eigenvalue weighted by Gasteiger charge is 2.39. The number of nitrogens with zero attached hydrogens (tertiary/aromatic N) is 6. The lowest BCUT2D eigenvalue weighted by atomic mass is 10.00. The summed E-state index contributed by atoms with van der Waals surface area (Å²) in [6, 6.07) is 6.36. The van der Waals surface area contributed by atoms with Gasteiger partial charge in [-0.2, -0.15) is 0 Å². The molecule has 0 bridgehead atoms. The fraction of sp³-hybridized carbons (Fsp3) is 0.583. The number of imidazole rings is 1. The lowest BCUT2D eigenvalue weighted by molar-refractivity contribution is -0.676. The van der Waals surface area contributed by atoms with E-state index < -0.39 is 87.1 Å². The third-order valence-electron chi connectivity index (χ3n) is 10.6. The molecule has 2 amide bonds. The summed E-state index contributed by atoms with van der Waals surface area (Å²) >= 11 is 0. The first-order chi connectivity index (χ1) is 27.1. The van der Waals surface area contributed by atoms with Gasteiger partial charge >= 0.3 is 0 Å². The first kappa shape index (κ1) is 43.7. The number of nitrogens with two attached hydrogens (primary N) is 1. The number of nitrogen functional groups attached to an aromatic ring is 1. The van der Waals surface area contributed by atoms with Crippen molar-refractivity contribution in [1.29, 1.82) is 0 Å². The van der Waals surface area contributed by atoms with Crippen LogP contribution in [0.15, 0.2) is 30.5 Å². The number of aromatic amines is 1. The van der Waals surface area contributed by atoms with Gasteiger partial charge in [-0.15, -0.1) is 0 Å². The van der Waals surface area contributed by atoms with E-state index in [0.29, 0.717) is 36.2 Å². The number of anilines is 1. The molecule has 14 N–H and O–H groups in total. The summed E-state index contributed by atoms with van der Waals surface area (Å²) in [7, 11) is 0. The van der Waals surface area contributed by atoms with Gasteiger partial charge in [0.25, 0.3) is 17.6 Å². The highest BCUT2D eigenvalue weighted by molar-refractivity contribution is 5.98. The van der Waals surface area contributed by atoms with Crippen LogP contribution in [-0.2, 0) is 19.6 Å². The number of aryl methyl sites for hydroxylation is 2. The van der Waals surface area contributed by atoms with Crippen molar-refractivity contribution < 1.29 is 65.2 Å². The Balaban J connectivity index is 1.35. The van der Waals surface area contributed by atoms with Crippen molar-refractivity contribution in [1.82, 2.24) is 34.6 Å². The second kappa shape index (κ2) is 18.9. The molecule has 3 aromatic heterocycles. The molecular weight excluding hydrogens is 750 g/mol. The number of carbonyl (C=O) groups excluding carboxylic acids is 2. The number of fused-ring (bicyclic) bond motifs is 2. The minimum Gasteiger partial charge on any atom is -0.394 e. The van der Waals surface area contributed by atoms with E-state index in [-0.39, 0.29) is 37.1 Å². The van der Waals surface area contributed by atoms with E-state index in [2.05, 4.69) is 20.3 Å². The predicted molar refractivity (Wildman–Crippen MR) is 201 cm³/mol. The number of carbonyl (C=O) groups is 2. The summed E-state index contributed by atoms with van der Waals surface area (Å²) in [5.41, 5.74) is 8.89. The Hall–Kier alpha value is -4.39. The summed E-state index contributed by atoms with van der Waals surface area (Å²) in [6.07, 6.45) is -12.8. The minimum atomic E-state index is -1.94. The number of amides is 2. The number of nitrogens with one attached hydrogen (secondary N) is 2. The average molecular weight is 805 g/mol. The first-order valence-electron chi connectivity index (χ1n) is 18.8. The number of hydrogen-bond acceptors (Lipinski definition) is 16. The van der Waals surface area contributed by atoms with Gasteiger partial charge in [0.15, 0.2) is 28.2 Å². The molecular formula is C36H54N9O12+. The molecule has 21 heteroatoms. The summed E-state index contributed by atoms with van der Waals surface area (Å²) in [5, 5.41) is 104. The van der Waals surface area contributed by atoms with E-state index in [0.717, 1.165) is 16.9 Å². The van der Waals surface area contributed by atoms with Gasteiger partial charge in [0, 0.05) is 50.0 Å². The van der Waals surface area contributed by atoms with E-state index in [9.17, 15) is 60.7 Å². The number of H-pyrrole nitrogens is 1. The molecule has 1 aromatic carbocycles. The number of aliphatic hydroxyl groups excluding tert-OH is 10.